The van der Waals surface area contributed by atoms with Crippen LogP contribution in [-0.4, -0.2) is 28.4 Å². The molecule has 0 bridgehead atoms. The fraction of sp³-hybridized carbons (Fsp3) is 0.333. The van der Waals surface area contributed by atoms with Crippen LogP contribution in [0.2, 0.25) is 0 Å². The van der Waals surface area contributed by atoms with Gasteiger partial charge in [0.1, 0.15) is 5.75 Å². The van der Waals surface area contributed by atoms with E-state index in [1.165, 1.54) is 6.20 Å². The number of rotatable bonds is 4. The fourth-order valence-corrected chi connectivity index (χ4v) is 1.14. The molecule has 0 fully saturated rings. The van der Waals surface area contributed by atoms with Crippen LogP contribution in [0.25, 0.3) is 0 Å². The summed E-state index contributed by atoms with van der Waals surface area (Å²) in [5.74, 6) is -0.311. The second kappa shape index (κ2) is 5.41. The van der Waals surface area contributed by atoms with E-state index in [-0.39, 0.29) is 11.3 Å². The maximum atomic E-state index is 11.4. The van der Waals surface area contributed by atoms with Crippen molar-refractivity contribution in [3.63, 3.8) is 0 Å². The van der Waals surface area contributed by atoms with Gasteiger partial charge in [0.05, 0.1) is 5.56 Å². The monoisotopic (exact) mass is 230 g/mol. The number of aromatic nitrogens is 1. The Labute approximate surface area is 91.1 Å². The number of amides is 1. The van der Waals surface area contributed by atoms with E-state index >= 15 is 0 Å². The minimum atomic E-state index is -0.454. The highest BCUT2D eigenvalue weighted by atomic mass is 35.5. The van der Waals surface area contributed by atoms with Crippen LogP contribution in [0.15, 0.2) is 17.1 Å². The van der Waals surface area contributed by atoms with Crippen molar-refractivity contribution in [1.29, 1.82) is 0 Å². The van der Waals surface area contributed by atoms with Gasteiger partial charge in [-0.1, -0.05) is 0 Å². The van der Waals surface area contributed by atoms with Crippen molar-refractivity contribution < 1.29 is 9.90 Å². The van der Waals surface area contributed by atoms with Gasteiger partial charge in [0, 0.05) is 24.7 Å². The average molecular weight is 231 g/mol. The predicted molar refractivity (Wildman–Crippen MR) is 56.4 cm³/mol. The van der Waals surface area contributed by atoms with Crippen LogP contribution >= 0.6 is 11.6 Å². The number of pyridine rings is 1. The van der Waals surface area contributed by atoms with Gasteiger partial charge in [0.2, 0.25) is 0 Å². The Morgan fingerprint density at radius 3 is 2.93 bits per heavy atom. The first kappa shape index (κ1) is 11.6. The van der Waals surface area contributed by atoms with E-state index in [0.717, 1.165) is 6.07 Å². The van der Waals surface area contributed by atoms with E-state index in [2.05, 4.69) is 10.3 Å². The lowest BCUT2D eigenvalue weighted by atomic mass is 10.2. The zero-order valence-corrected chi connectivity index (χ0v) is 8.67. The SMILES string of the molecule is O=C(NCCCCl)c1c[nH]c(=O)cc1O. The summed E-state index contributed by atoms with van der Waals surface area (Å²) in [6.45, 7) is 0.431. The van der Waals surface area contributed by atoms with E-state index in [1.54, 1.807) is 0 Å². The zero-order valence-electron chi connectivity index (χ0n) is 7.92. The Bertz CT molecular complexity index is 403. The lowest BCUT2D eigenvalue weighted by molar-refractivity contribution is 0.0950. The summed E-state index contributed by atoms with van der Waals surface area (Å²) in [5, 5.41) is 11.9. The molecular formula is C9H11ClN2O3. The van der Waals surface area contributed by atoms with Gasteiger partial charge in [-0.05, 0) is 6.42 Å². The minimum Gasteiger partial charge on any atom is -0.507 e. The molecule has 3 N–H and O–H groups in total. The van der Waals surface area contributed by atoms with E-state index in [1.807, 2.05) is 0 Å². The first-order valence-electron chi connectivity index (χ1n) is 4.41. The summed E-state index contributed by atoms with van der Waals surface area (Å²) in [4.78, 5) is 24.5. The van der Waals surface area contributed by atoms with E-state index in [9.17, 15) is 14.7 Å². The number of carbonyl (C=O) groups is 1. The lowest BCUT2D eigenvalue weighted by Gasteiger charge is -2.04. The number of H-pyrrole nitrogens is 1. The molecule has 0 aliphatic rings. The van der Waals surface area contributed by atoms with Crippen LogP contribution in [0.5, 0.6) is 5.75 Å². The number of hydrogen-bond acceptors (Lipinski definition) is 3. The number of alkyl halides is 1. The maximum Gasteiger partial charge on any atom is 0.256 e. The number of aromatic amines is 1. The Morgan fingerprint density at radius 1 is 1.60 bits per heavy atom. The van der Waals surface area contributed by atoms with Crippen LogP contribution in [0.4, 0.5) is 0 Å². The van der Waals surface area contributed by atoms with Crippen molar-refractivity contribution in [1.82, 2.24) is 10.3 Å². The van der Waals surface area contributed by atoms with Crippen LogP contribution in [0, 0.1) is 0 Å². The summed E-state index contributed by atoms with van der Waals surface area (Å²) < 4.78 is 0. The molecule has 1 aromatic rings. The third-order valence-corrected chi connectivity index (χ3v) is 2.01. The molecule has 0 spiro atoms. The molecule has 0 aliphatic carbocycles. The molecule has 0 aliphatic heterocycles. The molecular weight excluding hydrogens is 220 g/mol. The largest absolute Gasteiger partial charge is 0.507 e. The molecule has 0 aromatic carbocycles. The zero-order chi connectivity index (χ0) is 11.3. The quantitative estimate of drug-likeness (QED) is 0.519. The first-order chi connectivity index (χ1) is 7.15. The molecule has 5 nitrogen and oxygen atoms in total. The average Bonchev–Trinajstić information content (AvgIpc) is 2.17. The van der Waals surface area contributed by atoms with E-state index in [0.29, 0.717) is 18.8 Å². The van der Waals surface area contributed by atoms with Gasteiger partial charge in [0.25, 0.3) is 11.5 Å². The number of aromatic hydroxyl groups is 1. The van der Waals surface area contributed by atoms with Crippen molar-refractivity contribution in [2.45, 2.75) is 6.42 Å². The molecule has 0 radical (unpaired) electrons. The predicted octanol–water partition coefficient (Wildman–Crippen LogP) is 0.439. The molecule has 1 heterocycles. The van der Waals surface area contributed by atoms with E-state index in [4.69, 9.17) is 11.6 Å². The van der Waals surface area contributed by atoms with Gasteiger partial charge in [-0.2, -0.15) is 0 Å². The highest BCUT2D eigenvalue weighted by Crippen LogP contribution is 2.11. The van der Waals surface area contributed by atoms with Crippen LogP contribution < -0.4 is 10.9 Å². The smallest absolute Gasteiger partial charge is 0.256 e. The highest BCUT2D eigenvalue weighted by Gasteiger charge is 2.10. The Hall–Kier alpha value is -1.49. The van der Waals surface area contributed by atoms with Gasteiger partial charge in [0.15, 0.2) is 0 Å². The molecule has 15 heavy (non-hydrogen) atoms. The molecule has 0 saturated carbocycles. The van der Waals surface area contributed by atoms with Gasteiger partial charge in [-0.25, -0.2) is 0 Å². The van der Waals surface area contributed by atoms with Gasteiger partial charge in [-0.15, -0.1) is 11.6 Å². The van der Waals surface area contributed by atoms with Crippen molar-refractivity contribution in [3.05, 3.63) is 28.2 Å². The van der Waals surface area contributed by atoms with Gasteiger partial charge >= 0.3 is 0 Å². The molecule has 0 atom stereocenters. The minimum absolute atomic E-state index is 0.0455. The number of carbonyl (C=O) groups excluding carboxylic acids is 1. The highest BCUT2D eigenvalue weighted by molar-refractivity contribution is 6.17. The number of halogens is 1. The molecule has 6 heteroatoms. The lowest BCUT2D eigenvalue weighted by Crippen LogP contribution is -2.25. The third kappa shape index (κ3) is 3.28. The summed E-state index contributed by atoms with van der Waals surface area (Å²) in [7, 11) is 0. The normalized spacial score (nSPS) is 9.93. The topological polar surface area (TPSA) is 82.2 Å². The van der Waals surface area contributed by atoms with Crippen molar-refractivity contribution >= 4 is 17.5 Å². The molecule has 82 valence electrons. The molecule has 0 saturated heterocycles. The second-order valence-corrected chi connectivity index (χ2v) is 3.27. The van der Waals surface area contributed by atoms with Gasteiger partial charge in [-0.3, -0.25) is 9.59 Å². The Balaban J connectivity index is 2.69. The van der Waals surface area contributed by atoms with Crippen molar-refractivity contribution in [2.24, 2.45) is 0 Å². The number of nitrogens with one attached hydrogen (secondary N) is 2. The first-order valence-corrected chi connectivity index (χ1v) is 4.94. The molecule has 1 amide bonds. The third-order valence-electron chi connectivity index (χ3n) is 1.74. The number of hydrogen-bond donors (Lipinski definition) is 3. The van der Waals surface area contributed by atoms with Crippen molar-refractivity contribution in [3.8, 4) is 5.75 Å². The summed E-state index contributed by atoms with van der Waals surface area (Å²) in [5.41, 5.74) is -0.408. The molecule has 1 rings (SSSR count). The van der Waals surface area contributed by atoms with Crippen LogP contribution in [0.1, 0.15) is 16.8 Å². The summed E-state index contributed by atoms with van der Waals surface area (Å²) >= 11 is 5.43. The maximum absolute atomic E-state index is 11.4. The Kier molecular flexibility index (Phi) is 4.17. The van der Waals surface area contributed by atoms with Crippen LogP contribution in [0.3, 0.4) is 0 Å². The summed E-state index contributed by atoms with van der Waals surface area (Å²) in [6.07, 6.45) is 1.82. The Morgan fingerprint density at radius 2 is 2.33 bits per heavy atom. The second-order valence-electron chi connectivity index (χ2n) is 2.89. The molecule has 0 unspecified atom stereocenters. The van der Waals surface area contributed by atoms with Crippen molar-refractivity contribution in [2.75, 3.05) is 12.4 Å². The standard InChI is InChI=1S/C9H11ClN2O3/c10-2-1-3-11-9(15)6-5-12-8(14)4-7(6)13/h4-5H,1-3H2,(H,11,15)(H2,12,13,14). The molecule has 1 aromatic heterocycles. The van der Waals surface area contributed by atoms with Gasteiger partial charge < -0.3 is 15.4 Å². The summed E-state index contributed by atoms with van der Waals surface area (Å²) in [6, 6.07) is 0.955. The fourth-order valence-electron chi connectivity index (χ4n) is 1.01. The van der Waals surface area contributed by atoms with Crippen LogP contribution in [-0.2, 0) is 0 Å². The van der Waals surface area contributed by atoms with E-state index < -0.39 is 11.5 Å².